The number of halogens is 1. The molecule has 0 bridgehead atoms. The first-order chi connectivity index (χ1) is 12.6. The van der Waals surface area contributed by atoms with E-state index < -0.39 is 5.25 Å². The number of thiazole rings is 1. The fraction of sp³-hybridized carbons (Fsp3) is 0.200. The van der Waals surface area contributed by atoms with Gasteiger partial charge < -0.3 is 5.32 Å². The third kappa shape index (κ3) is 4.51. The molecule has 1 N–H and O–H groups in total. The topological polar surface area (TPSA) is 42.0 Å². The first kappa shape index (κ1) is 18.6. The van der Waals surface area contributed by atoms with Crippen LogP contribution >= 0.6 is 23.1 Å². The second-order valence-corrected chi connectivity index (χ2v) is 8.01. The number of carbonyl (C=O) groups is 1. The van der Waals surface area contributed by atoms with Crippen LogP contribution in [0.2, 0.25) is 0 Å². The summed E-state index contributed by atoms with van der Waals surface area (Å²) in [5.41, 5.74) is 3.13. The number of aryl methyl sites for hydroxylation is 1. The lowest BCUT2D eigenvalue weighted by atomic mass is 10.1. The number of carbonyl (C=O) groups excluding carboxylic acids is 1. The van der Waals surface area contributed by atoms with Crippen LogP contribution in [0.1, 0.15) is 19.4 Å². The smallest absolute Gasteiger partial charge is 0.239 e. The Morgan fingerprint density at radius 1 is 1.23 bits per heavy atom. The minimum Gasteiger partial charge on any atom is -0.301 e. The van der Waals surface area contributed by atoms with Crippen molar-refractivity contribution in [2.24, 2.45) is 0 Å². The van der Waals surface area contributed by atoms with E-state index in [1.807, 2.05) is 17.5 Å². The highest BCUT2D eigenvalue weighted by Crippen LogP contribution is 2.28. The normalized spacial score (nSPS) is 12.0. The molecule has 0 unspecified atom stereocenters. The second-order valence-electron chi connectivity index (χ2n) is 5.77. The molecule has 1 aromatic heterocycles. The average molecular weight is 387 g/mol. The molecule has 3 nitrogen and oxygen atoms in total. The van der Waals surface area contributed by atoms with Gasteiger partial charge >= 0.3 is 0 Å². The fourth-order valence-corrected chi connectivity index (χ4v) is 3.97. The molecule has 6 heteroatoms. The fourth-order valence-electron chi connectivity index (χ4n) is 2.37. The molecule has 3 rings (SSSR count). The van der Waals surface area contributed by atoms with E-state index in [0.29, 0.717) is 10.0 Å². The quantitative estimate of drug-likeness (QED) is 0.558. The number of hydrogen-bond donors (Lipinski definition) is 1. The van der Waals surface area contributed by atoms with Gasteiger partial charge in [0.25, 0.3) is 0 Å². The van der Waals surface area contributed by atoms with Crippen molar-refractivity contribution in [1.29, 1.82) is 0 Å². The van der Waals surface area contributed by atoms with Gasteiger partial charge in [0.15, 0.2) is 5.13 Å². The minimum absolute atomic E-state index is 0.194. The first-order valence-electron chi connectivity index (χ1n) is 8.33. The van der Waals surface area contributed by atoms with Crippen molar-refractivity contribution in [2.45, 2.75) is 30.4 Å². The van der Waals surface area contributed by atoms with Crippen LogP contribution in [0.4, 0.5) is 9.52 Å². The third-order valence-electron chi connectivity index (χ3n) is 3.90. The summed E-state index contributed by atoms with van der Waals surface area (Å²) in [6, 6.07) is 14.7. The molecular weight excluding hydrogens is 367 g/mol. The van der Waals surface area contributed by atoms with Gasteiger partial charge in [-0.1, -0.05) is 43.3 Å². The number of benzene rings is 2. The van der Waals surface area contributed by atoms with Crippen molar-refractivity contribution < 1.29 is 9.18 Å². The summed E-state index contributed by atoms with van der Waals surface area (Å²) >= 11 is 2.58. The van der Waals surface area contributed by atoms with Crippen molar-refractivity contribution in [3.63, 3.8) is 0 Å². The van der Waals surface area contributed by atoms with Crippen LogP contribution in [0.25, 0.3) is 11.3 Å². The lowest BCUT2D eigenvalue weighted by Gasteiger charge is -2.10. The highest BCUT2D eigenvalue weighted by atomic mass is 32.2. The molecule has 0 spiro atoms. The Labute approximate surface area is 160 Å². The Balaban J connectivity index is 1.64. The van der Waals surface area contributed by atoms with Crippen LogP contribution in [0, 0.1) is 5.82 Å². The summed E-state index contributed by atoms with van der Waals surface area (Å²) < 4.78 is 13.7. The van der Waals surface area contributed by atoms with Crippen LogP contribution in [0.15, 0.2) is 58.8 Å². The highest BCUT2D eigenvalue weighted by Gasteiger charge is 2.17. The molecule has 0 aliphatic rings. The molecule has 2 aromatic carbocycles. The molecule has 0 aliphatic heterocycles. The van der Waals surface area contributed by atoms with Crippen molar-refractivity contribution in [2.75, 3.05) is 5.32 Å². The van der Waals surface area contributed by atoms with E-state index in [-0.39, 0.29) is 11.7 Å². The Bertz CT molecular complexity index is 893. The number of amides is 1. The lowest BCUT2D eigenvalue weighted by Crippen LogP contribution is -2.22. The maximum atomic E-state index is 13.7. The molecule has 0 saturated carbocycles. The Morgan fingerprint density at radius 2 is 1.96 bits per heavy atom. The summed E-state index contributed by atoms with van der Waals surface area (Å²) in [7, 11) is 0. The van der Waals surface area contributed by atoms with E-state index >= 15 is 0 Å². The number of anilines is 1. The summed E-state index contributed by atoms with van der Waals surface area (Å²) in [4.78, 5) is 17.3. The van der Waals surface area contributed by atoms with Crippen LogP contribution in [-0.2, 0) is 11.2 Å². The van der Waals surface area contributed by atoms with E-state index in [4.69, 9.17) is 0 Å². The van der Waals surface area contributed by atoms with E-state index in [9.17, 15) is 9.18 Å². The standard InChI is InChI=1S/C20H19FN2OS2/c1-3-14-8-10-15(11-9-14)17-12-25-20(22-17)23-19(24)13(2)26-18-7-5-4-6-16(18)21/h4-13H,3H2,1-2H3,(H,22,23,24)/t13-/m1/s1. The maximum absolute atomic E-state index is 13.7. The van der Waals surface area contributed by atoms with Crippen molar-refractivity contribution in [1.82, 2.24) is 4.98 Å². The van der Waals surface area contributed by atoms with Gasteiger partial charge in [0.1, 0.15) is 5.82 Å². The predicted molar refractivity (Wildman–Crippen MR) is 107 cm³/mol. The molecule has 0 aliphatic carbocycles. The Hall–Kier alpha value is -2.18. The predicted octanol–water partition coefficient (Wildman–Crippen LogP) is 5.63. The van der Waals surface area contributed by atoms with Gasteiger partial charge in [0, 0.05) is 15.8 Å². The Kier molecular flexibility index (Phi) is 6.06. The Morgan fingerprint density at radius 3 is 2.65 bits per heavy atom. The van der Waals surface area contributed by atoms with Gasteiger partial charge in [0.2, 0.25) is 5.91 Å². The summed E-state index contributed by atoms with van der Waals surface area (Å²) in [5.74, 6) is -0.510. The van der Waals surface area contributed by atoms with Gasteiger partial charge in [-0.3, -0.25) is 4.79 Å². The van der Waals surface area contributed by atoms with Crippen molar-refractivity contribution in [3.8, 4) is 11.3 Å². The number of nitrogens with one attached hydrogen (secondary N) is 1. The van der Waals surface area contributed by atoms with E-state index in [1.54, 1.807) is 25.1 Å². The van der Waals surface area contributed by atoms with Crippen molar-refractivity contribution >= 4 is 34.1 Å². The van der Waals surface area contributed by atoms with Crippen LogP contribution in [0.5, 0.6) is 0 Å². The third-order valence-corrected chi connectivity index (χ3v) is 5.81. The molecule has 0 fully saturated rings. The van der Waals surface area contributed by atoms with Gasteiger partial charge in [-0.15, -0.1) is 23.1 Å². The van der Waals surface area contributed by atoms with Crippen LogP contribution < -0.4 is 5.32 Å². The SMILES string of the molecule is CCc1ccc(-c2csc(NC(=O)[C@@H](C)Sc3ccccc3F)n2)cc1. The zero-order chi connectivity index (χ0) is 18.5. The number of thioether (sulfide) groups is 1. The molecule has 1 heterocycles. The van der Waals surface area contributed by atoms with E-state index in [1.165, 1.54) is 34.7 Å². The molecule has 0 radical (unpaired) electrons. The van der Waals surface area contributed by atoms with Gasteiger partial charge in [-0.2, -0.15) is 0 Å². The molecular formula is C20H19FN2OS2. The van der Waals surface area contributed by atoms with Gasteiger partial charge in [0.05, 0.1) is 10.9 Å². The lowest BCUT2D eigenvalue weighted by molar-refractivity contribution is -0.115. The summed E-state index contributed by atoms with van der Waals surface area (Å²) in [6.07, 6.45) is 0.996. The average Bonchev–Trinajstić information content (AvgIpc) is 3.12. The largest absolute Gasteiger partial charge is 0.301 e. The maximum Gasteiger partial charge on any atom is 0.239 e. The van der Waals surface area contributed by atoms with E-state index in [0.717, 1.165) is 17.7 Å². The molecule has 26 heavy (non-hydrogen) atoms. The molecule has 0 saturated heterocycles. The van der Waals surface area contributed by atoms with Gasteiger partial charge in [-0.25, -0.2) is 9.37 Å². The molecule has 134 valence electrons. The minimum atomic E-state index is -0.428. The number of nitrogens with zero attached hydrogens (tertiary/aromatic N) is 1. The molecule has 3 aromatic rings. The first-order valence-corrected chi connectivity index (χ1v) is 10.1. The summed E-state index contributed by atoms with van der Waals surface area (Å²) in [6.45, 7) is 3.87. The number of aromatic nitrogens is 1. The second kappa shape index (κ2) is 8.47. The van der Waals surface area contributed by atoms with Crippen molar-refractivity contribution in [3.05, 3.63) is 65.3 Å². The van der Waals surface area contributed by atoms with Crippen LogP contribution in [0.3, 0.4) is 0 Å². The van der Waals surface area contributed by atoms with Gasteiger partial charge in [-0.05, 0) is 31.0 Å². The number of rotatable bonds is 6. The molecule has 1 amide bonds. The summed E-state index contributed by atoms with van der Waals surface area (Å²) in [5, 5.41) is 4.86. The van der Waals surface area contributed by atoms with E-state index in [2.05, 4.69) is 29.4 Å². The van der Waals surface area contributed by atoms with Crippen LogP contribution in [-0.4, -0.2) is 16.1 Å². The molecule has 1 atom stereocenters. The zero-order valence-electron chi connectivity index (χ0n) is 14.5. The monoisotopic (exact) mass is 386 g/mol. The number of hydrogen-bond acceptors (Lipinski definition) is 4. The highest BCUT2D eigenvalue weighted by molar-refractivity contribution is 8.00. The zero-order valence-corrected chi connectivity index (χ0v) is 16.2.